The molecular weight excluding hydrogens is 941 g/mol. The van der Waals surface area contributed by atoms with Gasteiger partial charge in [0.05, 0.1) is 64.2 Å². The number of imide groups is 1. The summed E-state index contributed by atoms with van der Waals surface area (Å²) < 4.78 is 17.1. The van der Waals surface area contributed by atoms with Crippen LogP contribution in [0.2, 0.25) is 5.02 Å². The van der Waals surface area contributed by atoms with E-state index in [1.807, 2.05) is 47.0 Å². The molecule has 4 N–H and O–H groups in total. The highest BCUT2D eigenvalue weighted by molar-refractivity contribution is 6.33. The predicted octanol–water partition coefficient (Wildman–Crippen LogP) is 6.76. The molecule has 0 radical (unpaired) electrons. The van der Waals surface area contributed by atoms with Crippen molar-refractivity contribution in [1.82, 2.24) is 39.6 Å². The third kappa shape index (κ3) is 9.93. The lowest BCUT2D eigenvalue weighted by molar-refractivity contribution is -0.139. The molecule has 4 aliphatic rings. The van der Waals surface area contributed by atoms with Crippen molar-refractivity contribution in [2.75, 3.05) is 59.7 Å². The van der Waals surface area contributed by atoms with Crippen molar-refractivity contribution in [3.63, 3.8) is 0 Å². The monoisotopic (exact) mass is 995 g/mol. The third-order valence-electron chi connectivity index (χ3n) is 15.1. The van der Waals surface area contributed by atoms with Gasteiger partial charge in [0, 0.05) is 80.6 Å². The number of halogens is 2. The Morgan fingerprint density at radius 3 is 2.31 bits per heavy atom. The Morgan fingerprint density at radius 2 is 1.62 bits per heavy atom. The molecule has 72 heavy (non-hydrogen) atoms. The minimum Gasteiger partial charge on any atom is -0.389 e. The van der Waals surface area contributed by atoms with Crippen molar-refractivity contribution < 1.29 is 28.7 Å². The van der Waals surface area contributed by atoms with Crippen molar-refractivity contribution in [2.45, 2.75) is 88.8 Å². The van der Waals surface area contributed by atoms with Crippen LogP contribution in [0.3, 0.4) is 0 Å². The molecule has 4 aromatic heterocycles. The molecule has 0 aliphatic carbocycles. The highest BCUT2D eigenvalue weighted by atomic mass is 35.5. The van der Waals surface area contributed by atoms with Crippen LogP contribution in [0.5, 0.6) is 0 Å². The van der Waals surface area contributed by atoms with E-state index in [1.54, 1.807) is 41.3 Å². The topological polar surface area (TPSA) is 219 Å². The highest BCUT2D eigenvalue weighted by Gasteiger charge is 2.41. The van der Waals surface area contributed by atoms with Crippen molar-refractivity contribution in [3.8, 4) is 28.6 Å². The largest absolute Gasteiger partial charge is 0.389 e. The molecule has 0 bridgehead atoms. The fourth-order valence-corrected chi connectivity index (χ4v) is 10.8. The van der Waals surface area contributed by atoms with Gasteiger partial charge in [-0.15, -0.1) is 0 Å². The molecule has 8 heterocycles. The summed E-state index contributed by atoms with van der Waals surface area (Å²) in [4.78, 5) is 66.9. The van der Waals surface area contributed by atoms with Crippen LogP contribution in [0, 0.1) is 22.6 Å². The molecule has 2 aromatic carbocycles. The summed E-state index contributed by atoms with van der Waals surface area (Å²) in [6, 6.07) is 16.9. The van der Waals surface area contributed by atoms with Gasteiger partial charge in [-0.05, 0) is 106 Å². The number of hydrogen-bond acceptors (Lipinski definition) is 13. The lowest BCUT2D eigenvalue weighted by Crippen LogP contribution is -2.49. The maximum Gasteiger partial charge on any atom is 0.249 e. The number of carbonyl (C=O) groups excluding carboxylic acids is 4. The second-order valence-electron chi connectivity index (χ2n) is 19.4. The number of amides is 4. The smallest absolute Gasteiger partial charge is 0.249 e. The van der Waals surface area contributed by atoms with Crippen LogP contribution < -0.4 is 25.8 Å². The molecule has 0 saturated carbocycles. The number of pyridine rings is 1. The maximum atomic E-state index is 13.6. The van der Waals surface area contributed by atoms with Crippen LogP contribution in [0.1, 0.15) is 82.7 Å². The Balaban J connectivity index is 0.741. The van der Waals surface area contributed by atoms with E-state index < -0.39 is 17.1 Å². The maximum absolute atomic E-state index is 13.6. The summed E-state index contributed by atoms with van der Waals surface area (Å²) in [7, 11) is 0. The van der Waals surface area contributed by atoms with Gasteiger partial charge in [0.1, 0.15) is 34.8 Å². The Hall–Kier alpha value is -7.43. The van der Waals surface area contributed by atoms with Crippen LogP contribution in [0.15, 0.2) is 85.6 Å². The lowest BCUT2D eigenvalue weighted by atomic mass is 9.75. The van der Waals surface area contributed by atoms with Gasteiger partial charge >= 0.3 is 0 Å². The van der Waals surface area contributed by atoms with Gasteiger partial charge in [0.15, 0.2) is 0 Å². The SMILES string of the molecule is CCC1(C(=O)Nc2ccc(F)cc2)CCN(c2ccc(-c3nc(-c4cnn(C5CCN(C(=O)CC6(O)CCN(c7ccc(NC8CCC(=O)NC8=O)cc7Cl)CC6)CC5)c4)cn4ncc(C#N)c34)cn2)CC1. The fourth-order valence-electron chi connectivity index (χ4n) is 10.5. The van der Waals surface area contributed by atoms with E-state index in [4.69, 9.17) is 26.7 Å². The van der Waals surface area contributed by atoms with E-state index in [1.165, 1.54) is 18.3 Å². The summed E-state index contributed by atoms with van der Waals surface area (Å²) in [5.41, 5.74) is 3.93. The van der Waals surface area contributed by atoms with Gasteiger partial charge in [-0.2, -0.15) is 15.5 Å². The fraction of sp³-hybridized carbons (Fsp3) is 0.404. The molecule has 18 nitrogen and oxygen atoms in total. The van der Waals surface area contributed by atoms with E-state index in [0.717, 1.165) is 17.1 Å². The number of hydrogen-bond donors (Lipinski definition) is 4. The number of likely N-dealkylation sites (tertiary alicyclic amines) is 1. The van der Waals surface area contributed by atoms with Crippen LogP contribution in [0.25, 0.3) is 28.0 Å². The predicted molar refractivity (Wildman–Crippen MR) is 268 cm³/mol. The van der Waals surface area contributed by atoms with Crippen molar-refractivity contribution >= 4 is 63.6 Å². The van der Waals surface area contributed by atoms with Crippen molar-refractivity contribution in [2.24, 2.45) is 5.41 Å². The van der Waals surface area contributed by atoms with Gasteiger partial charge in [-0.1, -0.05) is 18.5 Å². The first-order valence-corrected chi connectivity index (χ1v) is 24.9. The van der Waals surface area contributed by atoms with Gasteiger partial charge in [0.25, 0.3) is 0 Å². The molecule has 1 atom stereocenters. The number of anilines is 4. The van der Waals surface area contributed by atoms with Gasteiger partial charge in [-0.25, -0.2) is 18.9 Å². The van der Waals surface area contributed by atoms with E-state index in [0.29, 0.717) is 135 Å². The van der Waals surface area contributed by atoms with E-state index in [-0.39, 0.29) is 48.3 Å². The third-order valence-corrected chi connectivity index (χ3v) is 15.4. The summed E-state index contributed by atoms with van der Waals surface area (Å²) in [5.74, 6) is -0.361. The first-order chi connectivity index (χ1) is 34.8. The summed E-state index contributed by atoms with van der Waals surface area (Å²) in [6.07, 6.45) is 13.6. The first kappa shape index (κ1) is 48.2. The number of nitrogens with one attached hydrogen (secondary N) is 3. The van der Waals surface area contributed by atoms with Crippen molar-refractivity contribution in [1.29, 1.82) is 5.26 Å². The molecule has 0 spiro atoms. The highest BCUT2D eigenvalue weighted by Crippen LogP contribution is 2.39. The molecule has 10 rings (SSSR count). The average Bonchev–Trinajstić information content (AvgIpc) is 4.07. The summed E-state index contributed by atoms with van der Waals surface area (Å²) in [5, 5.41) is 39.8. The normalized spacial score (nSPS) is 19.2. The number of nitriles is 1. The van der Waals surface area contributed by atoms with Crippen LogP contribution in [-0.4, -0.2) is 114 Å². The molecule has 4 aliphatic heterocycles. The molecular formula is C52H55ClFN13O5. The number of benzene rings is 2. The molecule has 4 saturated heterocycles. The standard InChI is InChI=1S/C52H55ClFN13O5/c1-2-51(50(71)60-37-6-4-36(54)5-7-37)15-21-64(22-16-51)44-11-3-33(28-56-44)47-48-34(27-55)29-58-67(48)32-42(61-47)35-30-57-66(31-35)39-13-19-65(20-14-39)46(69)26-52(72)17-23-63(24-18-52)43-10-8-38(25-40(43)53)59-41-9-12-45(68)62-49(41)70/h3-8,10-11,25,28-32,39,41,59,72H,2,9,12-24,26H2,1H3,(H,60,71)(H,62,68,70). The Labute approximate surface area is 420 Å². The number of piperidine rings is 4. The molecule has 4 fully saturated rings. The van der Waals surface area contributed by atoms with E-state index in [9.17, 15) is 33.9 Å². The molecule has 20 heteroatoms. The number of fused-ring (bicyclic) bond motifs is 1. The van der Waals surface area contributed by atoms with E-state index >= 15 is 0 Å². The molecule has 372 valence electrons. The number of rotatable bonds is 12. The molecule has 1 unspecified atom stereocenters. The Kier molecular flexibility index (Phi) is 13.4. The zero-order valence-electron chi connectivity index (χ0n) is 39.9. The number of aromatic nitrogens is 6. The van der Waals surface area contributed by atoms with E-state index in [2.05, 4.69) is 36.9 Å². The average molecular weight is 997 g/mol. The van der Waals surface area contributed by atoms with Gasteiger partial charge in [0.2, 0.25) is 23.6 Å². The minimum atomic E-state index is -1.14. The second-order valence-corrected chi connectivity index (χ2v) is 19.9. The van der Waals surface area contributed by atoms with Gasteiger partial charge in [-0.3, -0.25) is 29.2 Å². The Bertz CT molecular complexity index is 3060. The second kappa shape index (κ2) is 20.0. The quantitative estimate of drug-likeness (QED) is 0.0934. The zero-order valence-corrected chi connectivity index (χ0v) is 40.6. The molecule has 6 aromatic rings. The summed E-state index contributed by atoms with van der Waals surface area (Å²) in [6.45, 7) is 5.38. The number of nitrogens with zero attached hydrogens (tertiary/aromatic N) is 10. The number of aliphatic hydroxyl groups is 1. The van der Waals surface area contributed by atoms with Crippen LogP contribution in [-0.2, 0) is 19.2 Å². The zero-order chi connectivity index (χ0) is 50.1. The Morgan fingerprint density at radius 1 is 0.889 bits per heavy atom. The van der Waals surface area contributed by atoms with Crippen molar-refractivity contribution in [3.05, 3.63) is 102 Å². The number of carbonyl (C=O) groups is 4. The molecule has 4 amide bonds. The van der Waals surface area contributed by atoms with Gasteiger partial charge < -0.3 is 30.4 Å². The minimum absolute atomic E-state index is 0.0364. The van der Waals surface area contributed by atoms with Crippen LogP contribution >= 0.6 is 11.6 Å². The lowest BCUT2D eigenvalue weighted by Gasteiger charge is -2.41. The summed E-state index contributed by atoms with van der Waals surface area (Å²) >= 11 is 6.70. The first-order valence-electron chi connectivity index (χ1n) is 24.6. The van der Waals surface area contributed by atoms with Crippen LogP contribution in [0.4, 0.5) is 27.3 Å².